The number of pyridine rings is 1. The van der Waals surface area contributed by atoms with E-state index in [-0.39, 0.29) is 17.8 Å². The first-order valence-electron chi connectivity index (χ1n) is 11.2. The second kappa shape index (κ2) is 10.1. The first-order valence-corrected chi connectivity index (χ1v) is 11.6. The Bertz CT molecular complexity index is 1340. The van der Waals surface area contributed by atoms with Crippen molar-refractivity contribution in [3.8, 4) is 0 Å². The average molecular weight is 485 g/mol. The number of carbonyl (C=O) groups is 1. The monoisotopic (exact) mass is 484 g/mol. The summed E-state index contributed by atoms with van der Waals surface area (Å²) in [5.41, 5.74) is 5.47. The highest BCUT2D eigenvalue weighted by Gasteiger charge is 2.32. The van der Waals surface area contributed by atoms with Gasteiger partial charge in [0.05, 0.1) is 12.3 Å². The highest BCUT2D eigenvalue weighted by molar-refractivity contribution is 6.30. The first kappa shape index (κ1) is 22.7. The molecule has 5 nitrogen and oxygen atoms in total. The average Bonchev–Trinajstić information content (AvgIpc) is 3.32. The summed E-state index contributed by atoms with van der Waals surface area (Å²) >= 11 is 6.06. The normalized spacial score (nSPS) is 15.1. The number of halogens is 2. The van der Waals surface area contributed by atoms with Gasteiger partial charge in [-0.2, -0.15) is 5.10 Å². The third kappa shape index (κ3) is 5.39. The molecule has 0 saturated heterocycles. The number of hydrazone groups is 1. The Morgan fingerprint density at radius 3 is 2.26 bits per heavy atom. The molecule has 1 unspecified atom stereocenters. The molecule has 3 aromatic carbocycles. The van der Waals surface area contributed by atoms with Crippen LogP contribution in [0, 0.1) is 5.82 Å². The number of benzene rings is 3. The van der Waals surface area contributed by atoms with Crippen molar-refractivity contribution in [3.05, 3.63) is 130 Å². The first-order chi connectivity index (χ1) is 17.0. The maximum atomic E-state index is 13.5. The Kier molecular flexibility index (Phi) is 6.55. The molecule has 0 spiro atoms. The Balaban J connectivity index is 1.33. The van der Waals surface area contributed by atoms with E-state index in [0.717, 1.165) is 28.8 Å². The van der Waals surface area contributed by atoms with Gasteiger partial charge in [-0.25, -0.2) is 14.2 Å². The fourth-order valence-corrected chi connectivity index (χ4v) is 4.22. The maximum Gasteiger partial charge on any atom is 0.342 e. The number of carbonyl (C=O) groups excluding carboxylic acids is 1. The molecule has 1 aliphatic heterocycles. The van der Waals surface area contributed by atoms with E-state index >= 15 is 0 Å². The molecule has 35 heavy (non-hydrogen) atoms. The van der Waals surface area contributed by atoms with Gasteiger partial charge in [0.25, 0.3) is 0 Å². The fraction of sp³-hybridized carbons (Fsp3) is 0.107. The van der Waals surface area contributed by atoms with Crippen LogP contribution in [0.5, 0.6) is 0 Å². The third-order valence-corrected chi connectivity index (χ3v) is 6.18. The zero-order valence-electron chi connectivity index (χ0n) is 18.7. The number of hydrogen-bond acceptors (Lipinski definition) is 3. The summed E-state index contributed by atoms with van der Waals surface area (Å²) in [6.07, 6.45) is 4.34. The number of nitrogens with one attached hydrogen (secondary N) is 1. The standard InChI is InChI=1S/C28H22ClFN4O/c29-23-7-3-22(4-8-23)27-26(21-5-9-24(30)10-6-21)18-34(33-27)28(35)32-25-11-1-19(2-12-25)17-20-13-15-31-16-14-20/h1-16,26H,17-18H2,(H,32,35). The summed E-state index contributed by atoms with van der Waals surface area (Å²) in [7, 11) is 0. The van der Waals surface area contributed by atoms with Crippen LogP contribution in [0.4, 0.5) is 14.9 Å². The van der Waals surface area contributed by atoms with E-state index in [1.807, 2.05) is 48.5 Å². The molecule has 0 radical (unpaired) electrons. The second-order valence-corrected chi connectivity index (χ2v) is 8.77. The van der Waals surface area contributed by atoms with Gasteiger partial charge in [-0.1, -0.05) is 48.0 Å². The minimum Gasteiger partial charge on any atom is -0.306 e. The molecule has 0 fully saturated rings. The minimum atomic E-state index is -0.331. The van der Waals surface area contributed by atoms with Crippen LogP contribution in [-0.2, 0) is 6.42 Å². The van der Waals surface area contributed by atoms with Crippen molar-refractivity contribution in [2.24, 2.45) is 5.10 Å². The van der Waals surface area contributed by atoms with Gasteiger partial charge < -0.3 is 5.32 Å². The number of nitrogens with zero attached hydrogens (tertiary/aromatic N) is 3. The van der Waals surface area contributed by atoms with Gasteiger partial charge in [0, 0.05) is 29.0 Å². The molecule has 0 saturated carbocycles. The lowest BCUT2D eigenvalue weighted by molar-refractivity contribution is 0.218. The Labute approximate surface area is 207 Å². The molecule has 1 aliphatic rings. The molecule has 0 bridgehead atoms. The molecule has 0 aliphatic carbocycles. The SMILES string of the molecule is O=C(Nc1ccc(Cc2ccncc2)cc1)N1CC(c2ccc(F)cc2)C(c2ccc(Cl)cc2)=N1. The van der Waals surface area contributed by atoms with E-state index in [9.17, 15) is 9.18 Å². The number of anilines is 1. The number of aromatic nitrogens is 1. The lowest BCUT2D eigenvalue weighted by Crippen LogP contribution is -2.30. The molecule has 1 N–H and O–H groups in total. The lowest BCUT2D eigenvalue weighted by Gasteiger charge is -2.16. The number of amides is 2. The molecular weight excluding hydrogens is 463 g/mol. The topological polar surface area (TPSA) is 57.6 Å². The zero-order valence-corrected chi connectivity index (χ0v) is 19.5. The van der Waals surface area contributed by atoms with Crippen LogP contribution in [0.1, 0.15) is 28.2 Å². The van der Waals surface area contributed by atoms with Gasteiger partial charge in [-0.3, -0.25) is 4.98 Å². The van der Waals surface area contributed by atoms with Gasteiger partial charge in [0.1, 0.15) is 5.82 Å². The molecule has 7 heteroatoms. The van der Waals surface area contributed by atoms with Crippen molar-refractivity contribution < 1.29 is 9.18 Å². The van der Waals surface area contributed by atoms with Crippen LogP contribution in [0.2, 0.25) is 5.02 Å². The molecule has 2 amide bonds. The summed E-state index contributed by atoms with van der Waals surface area (Å²) in [6, 6.07) is 25.0. The van der Waals surface area contributed by atoms with E-state index in [4.69, 9.17) is 11.6 Å². The summed E-state index contributed by atoms with van der Waals surface area (Å²) < 4.78 is 13.5. The Morgan fingerprint density at radius 1 is 0.914 bits per heavy atom. The molecular formula is C28H22ClFN4O. The van der Waals surface area contributed by atoms with E-state index in [1.54, 1.807) is 36.7 Å². The number of urea groups is 1. The smallest absolute Gasteiger partial charge is 0.306 e. The molecule has 1 aromatic heterocycles. The van der Waals surface area contributed by atoms with Crippen molar-refractivity contribution in [1.29, 1.82) is 0 Å². The predicted molar refractivity (Wildman–Crippen MR) is 136 cm³/mol. The van der Waals surface area contributed by atoms with Crippen LogP contribution in [0.3, 0.4) is 0 Å². The van der Waals surface area contributed by atoms with E-state index in [2.05, 4.69) is 15.4 Å². The fourth-order valence-electron chi connectivity index (χ4n) is 4.10. The van der Waals surface area contributed by atoms with Crippen LogP contribution >= 0.6 is 11.6 Å². The van der Waals surface area contributed by atoms with E-state index in [1.165, 1.54) is 22.7 Å². The predicted octanol–water partition coefficient (Wildman–Crippen LogP) is 6.50. The van der Waals surface area contributed by atoms with Crippen molar-refractivity contribution in [2.45, 2.75) is 12.3 Å². The maximum absolute atomic E-state index is 13.5. The van der Waals surface area contributed by atoms with Gasteiger partial charge in [0.15, 0.2) is 0 Å². The summed E-state index contributed by atoms with van der Waals surface area (Å²) in [5, 5.41) is 9.60. The largest absolute Gasteiger partial charge is 0.342 e. The highest BCUT2D eigenvalue weighted by Crippen LogP contribution is 2.30. The molecule has 5 rings (SSSR count). The number of hydrogen-bond donors (Lipinski definition) is 1. The summed E-state index contributed by atoms with van der Waals surface area (Å²) in [4.78, 5) is 17.1. The van der Waals surface area contributed by atoms with Crippen LogP contribution in [0.25, 0.3) is 0 Å². The molecule has 4 aromatic rings. The van der Waals surface area contributed by atoms with Crippen LogP contribution < -0.4 is 5.32 Å². The van der Waals surface area contributed by atoms with Crippen molar-refractivity contribution >= 4 is 29.0 Å². The minimum absolute atomic E-state index is 0.190. The molecule has 174 valence electrons. The van der Waals surface area contributed by atoms with Crippen LogP contribution in [-0.4, -0.2) is 28.3 Å². The molecule has 2 heterocycles. The van der Waals surface area contributed by atoms with Gasteiger partial charge in [-0.15, -0.1) is 0 Å². The van der Waals surface area contributed by atoms with Crippen LogP contribution in [0.15, 0.2) is 102 Å². The third-order valence-electron chi connectivity index (χ3n) is 5.92. The van der Waals surface area contributed by atoms with Crippen molar-refractivity contribution in [1.82, 2.24) is 9.99 Å². The van der Waals surface area contributed by atoms with Crippen molar-refractivity contribution in [3.63, 3.8) is 0 Å². The van der Waals surface area contributed by atoms with E-state index in [0.29, 0.717) is 17.3 Å². The van der Waals surface area contributed by atoms with Gasteiger partial charge in [-0.05, 0) is 77.2 Å². The number of rotatable bonds is 5. The second-order valence-electron chi connectivity index (χ2n) is 8.34. The van der Waals surface area contributed by atoms with E-state index < -0.39 is 0 Å². The van der Waals surface area contributed by atoms with Gasteiger partial charge >= 0.3 is 6.03 Å². The summed E-state index contributed by atoms with van der Waals surface area (Å²) in [6.45, 7) is 0.343. The molecule has 1 atom stereocenters. The van der Waals surface area contributed by atoms with Crippen molar-refractivity contribution in [2.75, 3.05) is 11.9 Å². The highest BCUT2D eigenvalue weighted by atomic mass is 35.5. The lowest BCUT2D eigenvalue weighted by atomic mass is 9.90. The van der Waals surface area contributed by atoms with Gasteiger partial charge in [0.2, 0.25) is 0 Å². The quantitative estimate of drug-likeness (QED) is 0.351. The Hall–Kier alpha value is -4.03. The Morgan fingerprint density at radius 2 is 1.57 bits per heavy atom. The summed E-state index contributed by atoms with van der Waals surface area (Å²) in [5.74, 6) is -0.496. The zero-order chi connectivity index (χ0) is 24.2.